The van der Waals surface area contributed by atoms with Crippen LogP contribution in [0.3, 0.4) is 0 Å². The second-order valence-corrected chi connectivity index (χ2v) is 13.6. The predicted octanol–water partition coefficient (Wildman–Crippen LogP) is 6.81. The quantitative estimate of drug-likeness (QED) is 0.133. The molecule has 7 rings (SSSR count). The number of aromatic nitrogens is 3. The number of carbonyl (C=O) groups is 1. The number of ether oxygens (including phenoxy) is 1. The van der Waals surface area contributed by atoms with E-state index in [0.717, 1.165) is 5.56 Å². The average molecular weight is 706 g/mol. The number of pyridine rings is 2. The third-order valence-corrected chi connectivity index (χ3v) is 9.72. The molecule has 7 aromatic rings. The maximum Gasteiger partial charge on any atom is 0.255 e. The number of rotatable bonds is 11. The number of furan rings is 1. The van der Waals surface area contributed by atoms with Crippen molar-refractivity contribution in [2.24, 2.45) is 0 Å². The lowest BCUT2D eigenvalue weighted by Gasteiger charge is -2.15. The van der Waals surface area contributed by atoms with Crippen LogP contribution in [0.15, 0.2) is 108 Å². The highest BCUT2D eigenvalue weighted by molar-refractivity contribution is 7.92. The summed E-state index contributed by atoms with van der Waals surface area (Å²) < 4.78 is 56.6. The van der Waals surface area contributed by atoms with Crippen LogP contribution >= 0.6 is 0 Å². The lowest BCUT2D eigenvalue weighted by molar-refractivity contribution is 0.0964. The Hall–Kier alpha value is -6.05. The lowest BCUT2D eigenvalue weighted by atomic mass is 10.0. The standard InChI is InChI=1S/C38H32FN5O6S/c1-3-51(47,48)43-30-20-33-27(34(38(46)40-2)37(50-33)24-12-14-25(39)15-13-24)19-26(30)29-16-17-32(49-22-23-9-5-4-6-10-23)36(41-29)35-28(21-45)31-11-7-8-18-44(31)42-35/h4-20,43,45H,3,21-22H2,1-2H3,(H,40,46). The fourth-order valence-corrected chi connectivity index (χ4v) is 6.50. The third-order valence-electron chi connectivity index (χ3n) is 8.43. The Morgan fingerprint density at radius 2 is 1.75 bits per heavy atom. The Labute approximate surface area is 292 Å². The normalized spacial score (nSPS) is 11.6. The molecule has 0 bridgehead atoms. The monoisotopic (exact) mass is 705 g/mol. The number of hydrogen-bond donors (Lipinski definition) is 3. The van der Waals surface area contributed by atoms with Crippen molar-refractivity contribution in [3.05, 3.63) is 126 Å². The molecule has 0 aliphatic rings. The van der Waals surface area contributed by atoms with E-state index >= 15 is 0 Å². The summed E-state index contributed by atoms with van der Waals surface area (Å²) in [6.45, 7) is 1.40. The van der Waals surface area contributed by atoms with Gasteiger partial charge in [0.1, 0.15) is 40.9 Å². The molecule has 0 radical (unpaired) electrons. The molecule has 0 atom stereocenters. The number of anilines is 1. The van der Waals surface area contributed by atoms with Gasteiger partial charge in [-0.3, -0.25) is 9.52 Å². The van der Waals surface area contributed by atoms with Crippen molar-refractivity contribution >= 4 is 38.1 Å². The van der Waals surface area contributed by atoms with E-state index in [4.69, 9.17) is 19.2 Å². The molecule has 13 heteroatoms. The summed E-state index contributed by atoms with van der Waals surface area (Å²) in [5, 5.41) is 18.3. The second-order valence-electron chi connectivity index (χ2n) is 11.6. The number of benzene rings is 3. The van der Waals surface area contributed by atoms with Crippen LogP contribution in [-0.2, 0) is 23.2 Å². The Morgan fingerprint density at radius 3 is 2.47 bits per heavy atom. The second kappa shape index (κ2) is 13.7. The molecule has 0 saturated heterocycles. The molecular weight excluding hydrogens is 674 g/mol. The number of aliphatic hydroxyl groups excluding tert-OH is 1. The van der Waals surface area contributed by atoms with Gasteiger partial charge in [-0.25, -0.2) is 22.3 Å². The topological polar surface area (TPSA) is 148 Å². The first-order chi connectivity index (χ1) is 24.7. The number of fused-ring (bicyclic) bond motifs is 2. The van der Waals surface area contributed by atoms with Crippen LogP contribution in [0.1, 0.15) is 28.4 Å². The molecule has 4 heterocycles. The molecule has 11 nitrogen and oxygen atoms in total. The van der Waals surface area contributed by atoms with Gasteiger partial charge in [0.25, 0.3) is 5.91 Å². The maximum atomic E-state index is 13.8. The highest BCUT2D eigenvalue weighted by Crippen LogP contribution is 2.42. The first-order valence-corrected chi connectivity index (χ1v) is 17.7. The number of nitrogens with zero attached hydrogens (tertiary/aromatic N) is 3. The zero-order valence-electron chi connectivity index (χ0n) is 27.6. The van der Waals surface area contributed by atoms with Crippen LogP contribution in [0, 0.1) is 5.82 Å². The first-order valence-electron chi connectivity index (χ1n) is 16.0. The number of aliphatic hydroxyl groups is 1. The molecule has 51 heavy (non-hydrogen) atoms. The van der Waals surface area contributed by atoms with E-state index in [1.54, 1.807) is 28.9 Å². The molecule has 0 fully saturated rings. The van der Waals surface area contributed by atoms with Gasteiger partial charge in [0, 0.05) is 41.4 Å². The molecule has 0 unspecified atom stereocenters. The number of amides is 1. The van der Waals surface area contributed by atoms with Crippen molar-refractivity contribution in [2.75, 3.05) is 17.5 Å². The minimum absolute atomic E-state index is 0.154. The van der Waals surface area contributed by atoms with Crippen LogP contribution < -0.4 is 14.8 Å². The van der Waals surface area contributed by atoms with Gasteiger partial charge in [-0.15, -0.1) is 0 Å². The molecule has 4 aromatic heterocycles. The zero-order valence-corrected chi connectivity index (χ0v) is 28.4. The molecular formula is C38H32FN5O6S. The zero-order chi connectivity index (χ0) is 35.7. The summed E-state index contributed by atoms with van der Waals surface area (Å²) in [7, 11) is -2.32. The van der Waals surface area contributed by atoms with E-state index in [-0.39, 0.29) is 41.6 Å². The van der Waals surface area contributed by atoms with Crippen molar-refractivity contribution in [2.45, 2.75) is 20.1 Å². The van der Waals surface area contributed by atoms with E-state index in [0.29, 0.717) is 50.4 Å². The molecule has 0 aliphatic carbocycles. The van der Waals surface area contributed by atoms with Gasteiger partial charge in [-0.1, -0.05) is 36.4 Å². The highest BCUT2D eigenvalue weighted by Gasteiger charge is 2.26. The summed E-state index contributed by atoms with van der Waals surface area (Å²) in [4.78, 5) is 18.4. The van der Waals surface area contributed by atoms with Gasteiger partial charge in [0.2, 0.25) is 10.0 Å². The van der Waals surface area contributed by atoms with Gasteiger partial charge in [0.15, 0.2) is 0 Å². The molecule has 3 N–H and O–H groups in total. The fourth-order valence-electron chi connectivity index (χ4n) is 5.85. The smallest absolute Gasteiger partial charge is 0.255 e. The van der Waals surface area contributed by atoms with Gasteiger partial charge < -0.3 is 19.6 Å². The van der Waals surface area contributed by atoms with Crippen LogP contribution in [-0.4, -0.2) is 46.8 Å². The van der Waals surface area contributed by atoms with Crippen molar-refractivity contribution < 1.29 is 31.9 Å². The minimum Gasteiger partial charge on any atom is -0.487 e. The van der Waals surface area contributed by atoms with Crippen molar-refractivity contribution in [1.82, 2.24) is 19.9 Å². The van der Waals surface area contributed by atoms with Crippen LogP contribution in [0.2, 0.25) is 0 Å². The van der Waals surface area contributed by atoms with Gasteiger partial charge in [-0.2, -0.15) is 5.10 Å². The van der Waals surface area contributed by atoms with Crippen molar-refractivity contribution in [1.29, 1.82) is 0 Å². The Kier molecular flexibility index (Phi) is 8.98. The van der Waals surface area contributed by atoms with E-state index in [1.165, 1.54) is 44.3 Å². The van der Waals surface area contributed by atoms with Crippen molar-refractivity contribution in [3.8, 4) is 39.7 Å². The summed E-state index contributed by atoms with van der Waals surface area (Å²) in [6.07, 6.45) is 1.76. The lowest BCUT2D eigenvalue weighted by Crippen LogP contribution is -2.18. The number of halogens is 1. The SMILES string of the molecule is CCS(=O)(=O)Nc1cc2oc(-c3ccc(F)cc3)c(C(=O)NC)c2cc1-c1ccc(OCc2ccccc2)c(-c2nn3ccccc3c2CO)n1. The minimum atomic E-state index is -3.80. The number of hydrogen-bond acceptors (Lipinski definition) is 8. The Bertz CT molecular complexity index is 2510. The first kappa shape index (κ1) is 33.4. The van der Waals surface area contributed by atoms with E-state index < -0.39 is 21.7 Å². The number of sulfonamides is 1. The van der Waals surface area contributed by atoms with Gasteiger partial charge in [-0.05, 0) is 67.1 Å². The van der Waals surface area contributed by atoms with E-state index in [1.807, 2.05) is 48.5 Å². The number of nitrogens with one attached hydrogen (secondary N) is 2. The van der Waals surface area contributed by atoms with E-state index in [2.05, 4.69) is 10.0 Å². The fraction of sp³-hybridized carbons (Fsp3) is 0.132. The van der Waals surface area contributed by atoms with Crippen LogP contribution in [0.5, 0.6) is 5.75 Å². The van der Waals surface area contributed by atoms with E-state index in [9.17, 15) is 22.7 Å². The van der Waals surface area contributed by atoms with Crippen molar-refractivity contribution in [3.63, 3.8) is 0 Å². The van der Waals surface area contributed by atoms with Gasteiger partial charge in [0.05, 0.1) is 34.8 Å². The highest BCUT2D eigenvalue weighted by atomic mass is 32.2. The largest absolute Gasteiger partial charge is 0.487 e. The molecule has 1 amide bonds. The Morgan fingerprint density at radius 1 is 0.980 bits per heavy atom. The van der Waals surface area contributed by atoms with Crippen LogP contribution in [0.4, 0.5) is 10.1 Å². The summed E-state index contributed by atoms with van der Waals surface area (Å²) in [5.41, 5.74) is 4.46. The molecule has 0 saturated carbocycles. The molecule has 0 aliphatic heterocycles. The molecule has 258 valence electrons. The summed E-state index contributed by atoms with van der Waals surface area (Å²) >= 11 is 0. The molecule has 0 spiro atoms. The third kappa shape index (κ3) is 6.52. The predicted molar refractivity (Wildman–Crippen MR) is 192 cm³/mol. The molecule has 3 aromatic carbocycles. The van der Waals surface area contributed by atoms with Crippen LogP contribution in [0.25, 0.3) is 50.5 Å². The summed E-state index contributed by atoms with van der Waals surface area (Å²) in [6, 6.07) is 27.1. The average Bonchev–Trinajstić information content (AvgIpc) is 3.72. The summed E-state index contributed by atoms with van der Waals surface area (Å²) in [5.74, 6) is -0.565. The van der Waals surface area contributed by atoms with Gasteiger partial charge >= 0.3 is 0 Å². The maximum absolute atomic E-state index is 13.8. The Balaban J connectivity index is 1.47. The number of carbonyl (C=O) groups excluding carboxylic acids is 1.